The minimum Gasteiger partial charge on any atom is -0.495 e. The van der Waals surface area contributed by atoms with Gasteiger partial charge in [0.05, 0.1) is 18.3 Å². The Labute approximate surface area is 176 Å². The lowest BCUT2D eigenvalue weighted by molar-refractivity contribution is -0.384. The summed E-state index contributed by atoms with van der Waals surface area (Å²) in [7, 11) is -2.62. The number of methoxy groups -OCH3 is 1. The number of benzene rings is 2. The van der Waals surface area contributed by atoms with Crippen molar-refractivity contribution in [1.82, 2.24) is 0 Å². The molecule has 0 aromatic heterocycles. The van der Waals surface area contributed by atoms with Crippen LogP contribution in [0, 0.1) is 20.6 Å². The van der Waals surface area contributed by atoms with Gasteiger partial charge in [-0.25, -0.2) is 8.42 Å². The Hall–Kier alpha value is -2.41. The maximum Gasteiger partial charge on any atom is 0.271 e. The minimum atomic E-state index is -3.93. The van der Waals surface area contributed by atoms with Crippen LogP contribution in [0.4, 0.5) is 17.1 Å². The number of aryl methyl sites for hydroxylation is 1. The largest absolute Gasteiger partial charge is 0.495 e. The summed E-state index contributed by atoms with van der Waals surface area (Å²) in [6, 6.07) is 8.93. The standard InChI is InChI=1S/C17H18IN3O6S/c1-11-8-12(18)4-6-14(11)19-17(22)10-20(28(3,25)26)15-9-13(21(23)24)5-7-16(15)27-2/h4-9H,10H2,1-3H3,(H,19,22). The van der Waals surface area contributed by atoms with Crippen LogP contribution in [-0.4, -0.2) is 39.2 Å². The molecule has 11 heteroatoms. The normalized spacial score (nSPS) is 11.0. The van der Waals surface area contributed by atoms with Gasteiger partial charge in [-0.3, -0.25) is 19.2 Å². The van der Waals surface area contributed by atoms with Crippen LogP contribution in [0.2, 0.25) is 0 Å². The van der Waals surface area contributed by atoms with Crippen molar-refractivity contribution in [2.24, 2.45) is 0 Å². The Balaban J connectivity index is 2.39. The fourth-order valence-corrected chi connectivity index (χ4v) is 3.95. The van der Waals surface area contributed by atoms with E-state index in [1.165, 1.54) is 19.2 Å². The molecule has 0 aliphatic carbocycles. The number of sulfonamides is 1. The van der Waals surface area contributed by atoms with Crippen molar-refractivity contribution in [1.29, 1.82) is 0 Å². The topological polar surface area (TPSA) is 119 Å². The summed E-state index contributed by atoms with van der Waals surface area (Å²) < 4.78 is 31.5. The number of carbonyl (C=O) groups is 1. The van der Waals surface area contributed by atoms with E-state index in [4.69, 9.17) is 4.74 Å². The van der Waals surface area contributed by atoms with E-state index < -0.39 is 27.4 Å². The molecule has 9 nitrogen and oxygen atoms in total. The molecular weight excluding hydrogens is 501 g/mol. The van der Waals surface area contributed by atoms with E-state index in [1.54, 1.807) is 12.1 Å². The molecule has 2 aromatic rings. The summed E-state index contributed by atoms with van der Waals surface area (Å²) >= 11 is 2.14. The van der Waals surface area contributed by atoms with E-state index in [-0.39, 0.29) is 17.1 Å². The van der Waals surface area contributed by atoms with Gasteiger partial charge >= 0.3 is 0 Å². The minimum absolute atomic E-state index is 0.0892. The van der Waals surface area contributed by atoms with Crippen molar-refractivity contribution in [2.75, 3.05) is 29.5 Å². The number of hydrogen-bond acceptors (Lipinski definition) is 6. The molecule has 150 valence electrons. The second-order valence-corrected chi connectivity index (χ2v) is 9.04. The van der Waals surface area contributed by atoms with Crippen molar-refractivity contribution in [3.05, 3.63) is 55.6 Å². The molecule has 0 aliphatic heterocycles. The van der Waals surface area contributed by atoms with Crippen molar-refractivity contribution in [3.63, 3.8) is 0 Å². The predicted molar refractivity (Wildman–Crippen MR) is 114 cm³/mol. The van der Waals surface area contributed by atoms with Crippen LogP contribution in [0.3, 0.4) is 0 Å². The summed E-state index contributed by atoms with van der Waals surface area (Å²) in [5.41, 5.74) is 0.955. The van der Waals surface area contributed by atoms with Gasteiger partial charge < -0.3 is 10.1 Å². The molecule has 0 bridgehead atoms. The Morgan fingerprint density at radius 2 is 1.96 bits per heavy atom. The van der Waals surface area contributed by atoms with Crippen molar-refractivity contribution < 1.29 is 22.9 Å². The van der Waals surface area contributed by atoms with Crippen LogP contribution in [-0.2, 0) is 14.8 Å². The lowest BCUT2D eigenvalue weighted by Crippen LogP contribution is -2.37. The van der Waals surface area contributed by atoms with Crippen LogP contribution in [0.5, 0.6) is 5.75 Å². The molecule has 2 aromatic carbocycles. The molecule has 2 rings (SSSR count). The number of carbonyl (C=O) groups excluding carboxylic acids is 1. The first kappa shape index (κ1) is 21.9. The average molecular weight is 519 g/mol. The van der Waals surface area contributed by atoms with Crippen LogP contribution in [0.25, 0.3) is 0 Å². The summed E-state index contributed by atoms with van der Waals surface area (Å²) in [4.78, 5) is 22.9. The summed E-state index contributed by atoms with van der Waals surface area (Å²) in [5, 5.41) is 13.7. The highest BCUT2D eigenvalue weighted by atomic mass is 127. The molecule has 28 heavy (non-hydrogen) atoms. The predicted octanol–water partition coefficient (Wildman–Crippen LogP) is 2.92. The van der Waals surface area contributed by atoms with E-state index in [9.17, 15) is 23.3 Å². The molecular formula is C17H18IN3O6S. The van der Waals surface area contributed by atoms with E-state index in [0.29, 0.717) is 5.69 Å². The Morgan fingerprint density at radius 1 is 1.29 bits per heavy atom. The number of anilines is 2. The van der Waals surface area contributed by atoms with Crippen molar-refractivity contribution in [3.8, 4) is 5.75 Å². The smallest absolute Gasteiger partial charge is 0.271 e. The van der Waals surface area contributed by atoms with Gasteiger partial charge in [-0.1, -0.05) is 0 Å². The number of nitrogens with zero attached hydrogens (tertiary/aromatic N) is 2. The SMILES string of the molecule is COc1ccc([N+](=O)[O-])cc1N(CC(=O)Nc1ccc(I)cc1C)S(C)(=O)=O. The summed E-state index contributed by atoms with van der Waals surface area (Å²) in [5.74, 6) is -0.502. The number of rotatable bonds is 7. The fourth-order valence-electron chi connectivity index (χ4n) is 2.46. The van der Waals surface area contributed by atoms with E-state index in [0.717, 1.165) is 25.8 Å². The number of nitro benzene ring substituents is 1. The number of non-ortho nitro benzene ring substituents is 1. The number of ether oxygens (including phenoxy) is 1. The highest BCUT2D eigenvalue weighted by Crippen LogP contribution is 2.33. The van der Waals surface area contributed by atoms with E-state index in [2.05, 4.69) is 27.9 Å². The molecule has 0 unspecified atom stereocenters. The average Bonchev–Trinajstić information content (AvgIpc) is 2.60. The van der Waals surface area contributed by atoms with Gasteiger partial charge in [-0.2, -0.15) is 0 Å². The Bertz CT molecular complexity index is 1030. The van der Waals surface area contributed by atoms with Crippen LogP contribution in [0.15, 0.2) is 36.4 Å². The number of nitro groups is 1. The molecule has 0 saturated carbocycles. The van der Waals surface area contributed by atoms with Gasteiger partial charge in [0.25, 0.3) is 5.69 Å². The third-order valence-corrected chi connectivity index (χ3v) is 5.59. The summed E-state index contributed by atoms with van der Waals surface area (Å²) in [6.45, 7) is 1.25. The molecule has 1 N–H and O–H groups in total. The van der Waals surface area contributed by atoms with Crippen LogP contribution in [0.1, 0.15) is 5.56 Å². The zero-order valence-corrected chi connectivity index (χ0v) is 18.3. The first-order valence-electron chi connectivity index (χ1n) is 7.89. The fraction of sp³-hybridized carbons (Fsp3) is 0.235. The van der Waals surface area contributed by atoms with Gasteiger partial charge in [0.15, 0.2) is 0 Å². The molecule has 0 heterocycles. The second kappa shape index (κ2) is 8.73. The lowest BCUT2D eigenvalue weighted by Gasteiger charge is -2.23. The van der Waals surface area contributed by atoms with E-state index >= 15 is 0 Å². The monoisotopic (exact) mass is 519 g/mol. The van der Waals surface area contributed by atoms with E-state index in [1.807, 2.05) is 13.0 Å². The Morgan fingerprint density at radius 3 is 2.50 bits per heavy atom. The zero-order valence-electron chi connectivity index (χ0n) is 15.3. The van der Waals surface area contributed by atoms with Gasteiger partial charge in [0.2, 0.25) is 15.9 Å². The second-order valence-electron chi connectivity index (χ2n) is 5.89. The zero-order chi connectivity index (χ0) is 21.1. The van der Waals surface area contributed by atoms with Gasteiger partial charge in [0.1, 0.15) is 18.0 Å². The Kier molecular flexibility index (Phi) is 6.82. The maximum absolute atomic E-state index is 12.5. The van der Waals surface area contributed by atoms with Gasteiger partial charge in [0, 0.05) is 21.4 Å². The molecule has 0 fully saturated rings. The molecule has 0 spiro atoms. The molecule has 0 saturated heterocycles. The lowest BCUT2D eigenvalue weighted by atomic mass is 10.2. The van der Waals surface area contributed by atoms with Crippen molar-refractivity contribution >= 4 is 55.6 Å². The highest BCUT2D eigenvalue weighted by molar-refractivity contribution is 14.1. The third kappa shape index (κ3) is 5.32. The summed E-state index contributed by atoms with van der Waals surface area (Å²) in [6.07, 6.45) is 0.911. The third-order valence-electron chi connectivity index (χ3n) is 3.79. The maximum atomic E-state index is 12.5. The van der Waals surface area contributed by atoms with Gasteiger partial charge in [-0.15, -0.1) is 0 Å². The molecule has 0 atom stereocenters. The first-order chi connectivity index (χ1) is 13.0. The quantitative estimate of drug-likeness (QED) is 0.342. The van der Waals surface area contributed by atoms with Crippen LogP contribution < -0.4 is 14.4 Å². The molecule has 0 radical (unpaired) electrons. The number of amides is 1. The first-order valence-corrected chi connectivity index (χ1v) is 10.8. The van der Waals surface area contributed by atoms with Crippen molar-refractivity contribution in [2.45, 2.75) is 6.92 Å². The molecule has 0 aliphatic rings. The number of hydrogen-bond donors (Lipinski definition) is 1. The highest BCUT2D eigenvalue weighted by Gasteiger charge is 2.26. The van der Waals surface area contributed by atoms with Gasteiger partial charge in [-0.05, 0) is 59.3 Å². The molecule has 1 amide bonds. The number of nitrogens with one attached hydrogen (secondary N) is 1. The van der Waals surface area contributed by atoms with Crippen LogP contribution >= 0.6 is 22.6 Å². The number of halogens is 1.